The number of carbonyl (C=O) groups excluding carboxylic acids is 1. The second kappa shape index (κ2) is 8.13. The minimum atomic E-state index is -0.379. The number of piperazine rings is 1. The van der Waals surface area contributed by atoms with Gasteiger partial charge in [0.05, 0.1) is 11.5 Å². The van der Waals surface area contributed by atoms with E-state index >= 15 is 0 Å². The average molecular weight is 372 g/mol. The molecule has 0 aromatic heterocycles. The summed E-state index contributed by atoms with van der Waals surface area (Å²) in [5, 5.41) is 13.9. The van der Waals surface area contributed by atoms with Crippen molar-refractivity contribution in [2.75, 3.05) is 42.9 Å². The standard InChI is InChI=1S/C19H21FN4O3/c1-14-6-7-15(12-16(14)20)21-19(25)13-22-8-10-23(11-9-22)17-4-2-3-5-18(17)24(26)27/h2-7,12H,8-11,13H2,1H3,(H,21,25). The molecule has 2 aromatic carbocycles. The van der Waals surface area contributed by atoms with E-state index in [4.69, 9.17) is 0 Å². The van der Waals surface area contributed by atoms with Crippen LogP contribution in [0, 0.1) is 22.9 Å². The van der Waals surface area contributed by atoms with Crippen LogP contribution in [0.25, 0.3) is 0 Å². The predicted molar refractivity (Wildman–Crippen MR) is 102 cm³/mol. The minimum absolute atomic E-state index is 0.0880. The predicted octanol–water partition coefficient (Wildman–Crippen LogP) is 2.80. The number of hydrogen-bond donors (Lipinski definition) is 1. The summed E-state index contributed by atoms with van der Waals surface area (Å²) in [7, 11) is 0. The van der Waals surface area contributed by atoms with Crippen molar-refractivity contribution in [2.24, 2.45) is 0 Å². The fourth-order valence-electron chi connectivity index (χ4n) is 3.11. The molecular weight excluding hydrogens is 351 g/mol. The summed E-state index contributed by atoms with van der Waals surface area (Å²) in [6.45, 7) is 4.27. The van der Waals surface area contributed by atoms with Crippen LogP contribution in [0.5, 0.6) is 0 Å². The molecule has 1 fully saturated rings. The third-order valence-electron chi connectivity index (χ3n) is 4.61. The monoisotopic (exact) mass is 372 g/mol. The van der Waals surface area contributed by atoms with Crippen molar-refractivity contribution in [1.82, 2.24) is 4.90 Å². The van der Waals surface area contributed by atoms with Gasteiger partial charge in [-0.3, -0.25) is 19.8 Å². The van der Waals surface area contributed by atoms with Crippen molar-refractivity contribution in [1.29, 1.82) is 0 Å². The van der Waals surface area contributed by atoms with Gasteiger partial charge in [0.1, 0.15) is 11.5 Å². The molecule has 0 saturated carbocycles. The van der Waals surface area contributed by atoms with E-state index in [0.717, 1.165) is 0 Å². The molecule has 8 heteroatoms. The van der Waals surface area contributed by atoms with Gasteiger partial charge in [-0.25, -0.2) is 4.39 Å². The molecule has 3 rings (SSSR count). The molecule has 0 atom stereocenters. The van der Waals surface area contributed by atoms with Gasteiger partial charge in [-0.2, -0.15) is 0 Å². The Kier molecular flexibility index (Phi) is 5.66. The maximum Gasteiger partial charge on any atom is 0.292 e. The van der Waals surface area contributed by atoms with Crippen LogP contribution in [-0.2, 0) is 4.79 Å². The summed E-state index contributed by atoms with van der Waals surface area (Å²) in [5.41, 5.74) is 1.65. The molecule has 1 amide bonds. The lowest BCUT2D eigenvalue weighted by Crippen LogP contribution is -2.48. The number of rotatable bonds is 5. The molecule has 1 saturated heterocycles. The third-order valence-corrected chi connectivity index (χ3v) is 4.61. The Hall–Kier alpha value is -3.00. The Morgan fingerprint density at radius 2 is 1.89 bits per heavy atom. The zero-order chi connectivity index (χ0) is 19.4. The Morgan fingerprint density at radius 1 is 1.19 bits per heavy atom. The van der Waals surface area contributed by atoms with Gasteiger partial charge in [-0.15, -0.1) is 0 Å². The van der Waals surface area contributed by atoms with E-state index in [0.29, 0.717) is 43.1 Å². The number of nitrogens with zero attached hydrogens (tertiary/aromatic N) is 3. The molecule has 0 unspecified atom stereocenters. The lowest BCUT2D eigenvalue weighted by molar-refractivity contribution is -0.384. The van der Waals surface area contributed by atoms with E-state index < -0.39 is 0 Å². The summed E-state index contributed by atoms with van der Waals surface area (Å²) in [4.78, 5) is 26.9. The van der Waals surface area contributed by atoms with Gasteiger partial charge in [0, 0.05) is 37.9 Å². The van der Waals surface area contributed by atoms with Crippen molar-refractivity contribution in [3.63, 3.8) is 0 Å². The highest BCUT2D eigenvalue weighted by molar-refractivity contribution is 5.92. The van der Waals surface area contributed by atoms with Gasteiger partial charge in [0.2, 0.25) is 5.91 Å². The van der Waals surface area contributed by atoms with E-state index in [2.05, 4.69) is 5.32 Å². The smallest absolute Gasteiger partial charge is 0.292 e. The van der Waals surface area contributed by atoms with Crippen LogP contribution in [-0.4, -0.2) is 48.5 Å². The molecule has 142 valence electrons. The number of nitro benzene ring substituents is 1. The van der Waals surface area contributed by atoms with Crippen molar-refractivity contribution in [2.45, 2.75) is 6.92 Å². The van der Waals surface area contributed by atoms with Crippen LogP contribution >= 0.6 is 0 Å². The van der Waals surface area contributed by atoms with E-state index in [1.807, 2.05) is 9.80 Å². The first-order chi connectivity index (χ1) is 12.9. The zero-order valence-corrected chi connectivity index (χ0v) is 15.0. The lowest BCUT2D eigenvalue weighted by atomic mass is 10.2. The summed E-state index contributed by atoms with van der Waals surface area (Å²) in [5.74, 6) is -0.566. The Bertz CT molecular complexity index is 851. The zero-order valence-electron chi connectivity index (χ0n) is 15.0. The highest BCUT2D eigenvalue weighted by Crippen LogP contribution is 2.28. The molecule has 1 aliphatic rings. The number of amides is 1. The number of carbonyl (C=O) groups is 1. The summed E-state index contributed by atoms with van der Waals surface area (Å²) >= 11 is 0. The van der Waals surface area contributed by atoms with Gasteiger partial charge in [0.15, 0.2) is 0 Å². The minimum Gasteiger partial charge on any atom is -0.363 e. The number of nitrogens with one attached hydrogen (secondary N) is 1. The van der Waals surface area contributed by atoms with Crippen LogP contribution in [0.3, 0.4) is 0 Å². The van der Waals surface area contributed by atoms with Gasteiger partial charge in [-0.05, 0) is 30.7 Å². The lowest BCUT2D eigenvalue weighted by Gasteiger charge is -2.35. The van der Waals surface area contributed by atoms with Crippen LogP contribution in [0.2, 0.25) is 0 Å². The van der Waals surface area contributed by atoms with Crippen molar-refractivity contribution in [3.8, 4) is 0 Å². The third kappa shape index (κ3) is 4.59. The van der Waals surface area contributed by atoms with Gasteiger partial charge in [-0.1, -0.05) is 18.2 Å². The van der Waals surface area contributed by atoms with Crippen LogP contribution in [0.15, 0.2) is 42.5 Å². The van der Waals surface area contributed by atoms with Gasteiger partial charge >= 0.3 is 0 Å². The highest BCUT2D eigenvalue weighted by Gasteiger charge is 2.24. The number of aryl methyl sites for hydroxylation is 1. The molecule has 7 nitrogen and oxygen atoms in total. The number of hydrogen-bond acceptors (Lipinski definition) is 5. The first-order valence-electron chi connectivity index (χ1n) is 8.71. The molecule has 0 radical (unpaired) electrons. The van der Waals surface area contributed by atoms with Gasteiger partial charge < -0.3 is 10.2 Å². The van der Waals surface area contributed by atoms with E-state index in [1.54, 1.807) is 37.3 Å². The SMILES string of the molecule is Cc1ccc(NC(=O)CN2CCN(c3ccccc3[N+](=O)[O-])CC2)cc1F. The number of nitro groups is 1. The first-order valence-corrected chi connectivity index (χ1v) is 8.71. The summed E-state index contributed by atoms with van der Waals surface area (Å²) in [6.07, 6.45) is 0. The number of para-hydroxylation sites is 2. The normalized spacial score (nSPS) is 14.8. The molecule has 27 heavy (non-hydrogen) atoms. The Labute approximate surface area is 156 Å². The molecule has 0 bridgehead atoms. The maximum atomic E-state index is 13.6. The molecule has 1 N–H and O–H groups in total. The number of anilines is 2. The molecule has 2 aromatic rings. The highest BCUT2D eigenvalue weighted by atomic mass is 19.1. The fourth-order valence-corrected chi connectivity index (χ4v) is 3.11. The van der Waals surface area contributed by atoms with E-state index in [1.165, 1.54) is 12.1 Å². The van der Waals surface area contributed by atoms with Crippen molar-refractivity contribution < 1.29 is 14.1 Å². The maximum absolute atomic E-state index is 13.6. The van der Waals surface area contributed by atoms with E-state index in [-0.39, 0.29) is 28.9 Å². The molecular formula is C19H21FN4O3. The second-order valence-corrected chi connectivity index (χ2v) is 6.52. The van der Waals surface area contributed by atoms with Crippen molar-refractivity contribution >= 4 is 23.0 Å². The van der Waals surface area contributed by atoms with Crippen LogP contribution in [0.1, 0.15) is 5.56 Å². The topological polar surface area (TPSA) is 78.7 Å². The molecule has 0 aliphatic carbocycles. The van der Waals surface area contributed by atoms with Crippen LogP contribution < -0.4 is 10.2 Å². The quantitative estimate of drug-likeness (QED) is 0.645. The van der Waals surface area contributed by atoms with Crippen molar-refractivity contribution in [3.05, 3.63) is 64.0 Å². The average Bonchev–Trinajstić information content (AvgIpc) is 2.65. The summed E-state index contributed by atoms with van der Waals surface area (Å²) < 4.78 is 13.6. The Morgan fingerprint density at radius 3 is 2.56 bits per heavy atom. The number of benzene rings is 2. The molecule has 0 spiro atoms. The fraction of sp³-hybridized carbons (Fsp3) is 0.316. The molecule has 1 heterocycles. The Balaban J connectivity index is 1.54. The van der Waals surface area contributed by atoms with Gasteiger partial charge in [0.25, 0.3) is 5.69 Å². The largest absolute Gasteiger partial charge is 0.363 e. The molecule has 1 aliphatic heterocycles. The van der Waals surface area contributed by atoms with Crippen LogP contribution in [0.4, 0.5) is 21.5 Å². The number of halogens is 1. The second-order valence-electron chi connectivity index (χ2n) is 6.52. The first kappa shape index (κ1) is 18.8. The summed E-state index contributed by atoms with van der Waals surface area (Å²) in [6, 6.07) is 11.3. The van der Waals surface area contributed by atoms with E-state index in [9.17, 15) is 19.3 Å².